The number of unbranched alkanes of at least 4 members (excludes halogenated alkanes) is 1. The number of hydrogen-bond acceptors (Lipinski definition) is 7. The minimum Gasteiger partial charge on any atom is -0.352 e. The van der Waals surface area contributed by atoms with Crippen LogP contribution in [0.3, 0.4) is 0 Å². The molecule has 0 rings (SSSR count). The number of ketones is 2. The molecule has 6 N–H and O–H groups in total. The van der Waals surface area contributed by atoms with E-state index in [-0.39, 0.29) is 36.4 Å². The van der Waals surface area contributed by atoms with Gasteiger partial charge in [0, 0.05) is 25.3 Å². The van der Waals surface area contributed by atoms with Gasteiger partial charge in [-0.3, -0.25) is 14.4 Å². The van der Waals surface area contributed by atoms with Gasteiger partial charge < -0.3 is 22.1 Å². The molecule has 180 valence electrons. The summed E-state index contributed by atoms with van der Waals surface area (Å²) in [4.78, 5) is 56.7. The van der Waals surface area contributed by atoms with Gasteiger partial charge >= 0.3 is 6.03 Å². The van der Waals surface area contributed by atoms with Crippen LogP contribution in [0.5, 0.6) is 0 Å². The number of amides is 3. The lowest BCUT2D eigenvalue weighted by molar-refractivity contribution is -0.272. The third-order valence-electron chi connectivity index (χ3n) is 4.45. The molecular weight excluding hydrogens is 404 g/mol. The molecule has 10 nitrogen and oxygen atoms in total. The maximum Gasteiger partial charge on any atom is 0.312 e. The maximum atomic E-state index is 12.5. The van der Waals surface area contributed by atoms with Gasteiger partial charge in [0.2, 0.25) is 5.91 Å². The number of carbonyl (C=O) groups is 4. The summed E-state index contributed by atoms with van der Waals surface area (Å²) in [5.41, 5.74) is 10.9. The summed E-state index contributed by atoms with van der Waals surface area (Å²) < 4.78 is 0. The summed E-state index contributed by atoms with van der Waals surface area (Å²) in [6.45, 7) is 10.3. The van der Waals surface area contributed by atoms with Crippen LogP contribution in [0.2, 0.25) is 0 Å². The fourth-order valence-electron chi connectivity index (χ4n) is 2.62. The highest BCUT2D eigenvalue weighted by atomic mass is 17.2. The zero-order chi connectivity index (χ0) is 24.2. The van der Waals surface area contributed by atoms with Crippen molar-refractivity contribution in [1.82, 2.24) is 10.6 Å². The van der Waals surface area contributed by atoms with E-state index in [1.807, 2.05) is 13.8 Å². The summed E-state index contributed by atoms with van der Waals surface area (Å²) in [5.74, 6) is -1.33. The van der Waals surface area contributed by atoms with Crippen molar-refractivity contribution >= 4 is 23.5 Å². The van der Waals surface area contributed by atoms with E-state index in [4.69, 9.17) is 16.4 Å². The second-order valence-corrected chi connectivity index (χ2v) is 7.27. The smallest absolute Gasteiger partial charge is 0.312 e. The van der Waals surface area contributed by atoms with Crippen LogP contribution >= 0.6 is 0 Å². The standard InChI is InChI=1S/C19H36N4O6.C2H4/c1-13(2)17(20)16(25)11-14(7-6-9-22-19(21)27)18(26)23-12-15(24)8-4-5-10-29-28-3;1-2/h13-14,17H,4-12,20H2,1-3H3,(H,23,26)(H3,21,22,27);1-2H2. The second-order valence-electron chi connectivity index (χ2n) is 7.27. The summed E-state index contributed by atoms with van der Waals surface area (Å²) in [6, 6.07) is -1.30. The fraction of sp³-hybridized carbons (Fsp3) is 0.714. The Morgan fingerprint density at radius 3 is 2.23 bits per heavy atom. The van der Waals surface area contributed by atoms with E-state index in [0.717, 1.165) is 0 Å². The van der Waals surface area contributed by atoms with Crippen molar-refractivity contribution < 1.29 is 29.0 Å². The Bertz CT molecular complexity index is 542. The number of rotatable bonds is 17. The minimum atomic E-state index is -0.648. The first-order chi connectivity index (χ1) is 14.7. The molecule has 0 aromatic heterocycles. The zero-order valence-corrected chi connectivity index (χ0v) is 19.1. The molecule has 0 aromatic carbocycles. The van der Waals surface area contributed by atoms with E-state index < -0.39 is 18.0 Å². The number of Topliss-reactive ketones (excluding diaryl/α,β-unsaturated/α-hetero) is 2. The van der Waals surface area contributed by atoms with Crippen molar-refractivity contribution in [2.24, 2.45) is 23.3 Å². The quantitative estimate of drug-likeness (QED) is 0.113. The van der Waals surface area contributed by atoms with Gasteiger partial charge in [0.1, 0.15) is 0 Å². The Balaban J connectivity index is 0. The Labute approximate surface area is 185 Å². The van der Waals surface area contributed by atoms with Crippen LogP contribution in [0.15, 0.2) is 13.2 Å². The zero-order valence-electron chi connectivity index (χ0n) is 19.1. The van der Waals surface area contributed by atoms with Crippen LogP contribution in [0, 0.1) is 11.8 Å². The van der Waals surface area contributed by atoms with Crippen LogP contribution < -0.4 is 22.1 Å². The molecule has 0 radical (unpaired) electrons. The first-order valence-electron chi connectivity index (χ1n) is 10.5. The average molecular weight is 445 g/mol. The normalized spacial score (nSPS) is 12.3. The van der Waals surface area contributed by atoms with Gasteiger partial charge in [-0.15, -0.1) is 13.2 Å². The SMILES string of the molecule is C=C.COOCCCCC(=O)CNC(=O)C(CCCNC(N)=O)CC(=O)C(N)C(C)C. The lowest BCUT2D eigenvalue weighted by atomic mass is 9.90. The fourth-order valence-corrected chi connectivity index (χ4v) is 2.62. The molecule has 0 saturated carbocycles. The van der Waals surface area contributed by atoms with Crippen molar-refractivity contribution in [2.45, 2.75) is 58.4 Å². The molecule has 0 bridgehead atoms. The van der Waals surface area contributed by atoms with Gasteiger partial charge in [-0.25, -0.2) is 14.6 Å². The first kappa shape index (κ1) is 30.9. The van der Waals surface area contributed by atoms with Gasteiger partial charge in [0.05, 0.1) is 26.3 Å². The molecule has 31 heavy (non-hydrogen) atoms. The number of urea groups is 1. The van der Waals surface area contributed by atoms with Crippen LogP contribution in [0.4, 0.5) is 4.79 Å². The van der Waals surface area contributed by atoms with Gasteiger partial charge in [-0.1, -0.05) is 13.8 Å². The number of carbonyl (C=O) groups excluding carboxylic acids is 4. The second kappa shape index (κ2) is 19.7. The molecule has 0 aliphatic carbocycles. The predicted octanol–water partition coefficient (Wildman–Crippen LogP) is 1.23. The van der Waals surface area contributed by atoms with Crippen LogP contribution in [-0.4, -0.2) is 56.4 Å². The van der Waals surface area contributed by atoms with Gasteiger partial charge in [0.25, 0.3) is 0 Å². The molecular formula is C21H40N4O6. The number of nitrogens with two attached hydrogens (primary N) is 2. The van der Waals surface area contributed by atoms with Crippen molar-refractivity contribution in [2.75, 3.05) is 26.8 Å². The van der Waals surface area contributed by atoms with Gasteiger partial charge in [0.15, 0.2) is 11.6 Å². The Kier molecular flexibility index (Phi) is 19.6. The topological polar surface area (TPSA) is 163 Å². The van der Waals surface area contributed by atoms with Crippen LogP contribution in [-0.2, 0) is 24.2 Å². The number of primary amides is 1. The minimum absolute atomic E-state index is 0.00962. The summed E-state index contributed by atoms with van der Waals surface area (Å²) in [5, 5.41) is 5.05. The first-order valence-corrected chi connectivity index (χ1v) is 10.5. The monoisotopic (exact) mass is 444 g/mol. The highest BCUT2D eigenvalue weighted by Crippen LogP contribution is 2.15. The molecule has 2 unspecified atom stereocenters. The molecule has 0 heterocycles. The lowest BCUT2D eigenvalue weighted by Crippen LogP contribution is -2.41. The lowest BCUT2D eigenvalue weighted by Gasteiger charge is -2.20. The summed E-state index contributed by atoms with van der Waals surface area (Å²) in [6.07, 6.45) is 2.44. The molecule has 0 aliphatic rings. The Morgan fingerprint density at radius 1 is 1.03 bits per heavy atom. The van der Waals surface area contributed by atoms with E-state index in [9.17, 15) is 19.2 Å². The summed E-state index contributed by atoms with van der Waals surface area (Å²) in [7, 11) is 1.42. The predicted molar refractivity (Wildman–Crippen MR) is 119 cm³/mol. The number of hydrogen-bond donors (Lipinski definition) is 4. The third-order valence-corrected chi connectivity index (χ3v) is 4.45. The molecule has 0 aromatic rings. The molecule has 0 fully saturated rings. The van der Waals surface area contributed by atoms with E-state index in [2.05, 4.69) is 28.7 Å². The largest absolute Gasteiger partial charge is 0.352 e. The number of nitrogens with one attached hydrogen (secondary N) is 2. The van der Waals surface area contributed by atoms with Crippen LogP contribution in [0.25, 0.3) is 0 Å². The Morgan fingerprint density at radius 2 is 1.68 bits per heavy atom. The molecule has 0 saturated heterocycles. The molecule has 10 heteroatoms. The van der Waals surface area contributed by atoms with Gasteiger partial charge in [-0.05, 0) is 31.6 Å². The highest BCUT2D eigenvalue weighted by molar-refractivity contribution is 5.91. The van der Waals surface area contributed by atoms with E-state index in [0.29, 0.717) is 45.3 Å². The maximum absolute atomic E-state index is 12.5. The highest BCUT2D eigenvalue weighted by Gasteiger charge is 2.26. The van der Waals surface area contributed by atoms with E-state index in [1.54, 1.807) is 0 Å². The van der Waals surface area contributed by atoms with Gasteiger partial charge in [-0.2, -0.15) is 0 Å². The molecule has 3 amide bonds. The van der Waals surface area contributed by atoms with Crippen LogP contribution in [0.1, 0.15) is 52.4 Å². The van der Waals surface area contributed by atoms with E-state index >= 15 is 0 Å². The Hall–Kier alpha value is -2.30. The van der Waals surface area contributed by atoms with Crippen molar-refractivity contribution in [1.29, 1.82) is 0 Å². The molecule has 0 aliphatic heterocycles. The molecule has 0 spiro atoms. The average Bonchev–Trinajstić information content (AvgIpc) is 2.74. The van der Waals surface area contributed by atoms with Crippen molar-refractivity contribution in [3.8, 4) is 0 Å². The summed E-state index contributed by atoms with van der Waals surface area (Å²) >= 11 is 0. The van der Waals surface area contributed by atoms with Crippen molar-refractivity contribution in [3.63, 3.8) is 0 Å². The van der Waals surface area contributed by atoms with Crippen molar-refractivity contribution in [3.05, 3.63) is 13.2 Å². The molecule has 2 atom stereocenters. The third kappa shape index (κ3) is 17.1. The van der Waals surface area contributed by atoms with E-state index in [1.165, 1.54) is 7.11 Å².